The highest BCUT2D eigenvalue weighted by Gasteiger charge is 2.53. The number of aliphatic hydroxyl groups is 3. The molecular formula is C71H105N9O14. The predicted octanol–water partition coefficient (Wildman–Crippen LogP) is 8.77. The highest BCUT2D eigenvalue weighted by molar-refractivity contribution is 6.39. The normalized spacial score (nSPS) is 32.7. The number of nitrogens with zero attached hydrogens (tertiary/aromatic N) is 8. The second-order valence-electron chi connectivity index (χ2n) is 27.4. The number of nitrogens with one attached hydrogen (secondary N) is 1. The lowest BCUT2D eigenvalue weighted by molar-refractivity contribution is -0.266. The molecule has 1 saturated carbocycles. The van der Waals surface area contributed by atoms with Crippen molar-refractivity contribution in [1.29, 1.82) is 0 Å². The second-order valence-corrected chi connectivity index (χ2v) is 27.4. The Morgan fingerprint density at radius 3 is 2.28 bits per heavy atom. The summed E-state index contributed by atoms with van der Waals surface area (Å²) in [5.41, 5.74) is 4.04. The molecule has 3 aromatic heterocycles. The van der Waals surface area contributed by atoms with Gasteiger partial charge in [0, 0.05) is 102 Å². The number of Topliss-reactive ketones (excluding diaryl/α,β-unsaturated/α-hetero) is 3. The number of esters is 1. The molecule has 4 fully saturated rings. The fraction of sp³-hybridized carbons (Fsp3) is 0.690. The minimum atomic E-state index is -2.51. The van der Waals surface area contributed by atoms with Gasteiger partial charge in [-0.2, -0.15) is 4.98 Å². The van der Waals surface area contributed by atoms with Crippen molar-refractivity contribution in [2.24, 2.45) is 35.5 Å². The van der Waals surface area contributed by atoms with Crippen LogP contribution in [0.15, 0.2) is 60.0 Å². The van der Waals surface area contributed by atoms with Crippen LogP contribution in [0.2, 0.25) is 0 Å². The number of hydrogen-bond acceptors (Lipinski definition) is 21. The van der Waals surface area contributed by atoms with Crippen LogP contribution in [0.1, 0.15) is 164 Å². The van der Waals surface area contributed by atoms with Crippen LogP contribution in [0.4, 0.5) is 11.9 Å². The Morgan fingerprint density at radius 1 is 0.819 bits per heavy atom. The number of aliphatic hydroxyl groups excluding tert-OH is 2. The first-order chi connectivity index (χ1) is 44.9. The molecule has 5 aliphatic rings. The largest absolute Gasteiger partial charge is 0.460 e. The number of allylic oxidation sites excluding steroid dienone is 6. The van der Waals surface area contributed by atoms with E-state index in [2.05, 4.69) is 38.6 Å². The molecule has 0 spiro atoms. The van der Waals surface area contributed by atoms with Crippen molar-refractivity contribution in [2.45, 2.75) is 220 Å². The third-order valence-corrected chi connectivity index (χ3v) is 19.8. The van der Waals surface area contributed by atoms with Crippen LogP contribution in [0.3, 0.4) is 0 Å². The third kappa shape index (κ3) is 18.5. The first-order valence-corrected chi connectivity index (χ1v) is 34.3. The third-order valence-electron chi connectivity index (χ3n) is 19.8. The van der Waals surface area contributed by atoms with Crippen molar-refractivity contribution in [3.05, 3.63) is 65.8 Å². The number of ketones is 3. The molecule has 4 aliphatic heterocycles. The average molecular weight is 1310 g/mol. The maximum absolute atomic E-state index is 14.7. The fourth-order valence-corrected chi connectivity index (χ4v) is 14.0. The SMILES string of the molecule is CO[C@@H]1C[C@@H](CC(C)[C@@H]2CC(=O)[C@H](C)/C=C(\C)[C@@H](O)[C@@H](OC)C(=O)[C@H](C)C[C@H](C)/C=C/C=C/C=C(/C)[C@H](OCCCCNc3ncc(-c4nc(N5CCOCC5)nc5c4nc(C)n5C(C)C)cn3)C[C@@H]3CC[C@@H](C)[C@@](O)(O3)C(=O)C(=O)N3CCCC[C@H]3C(=O)O2)CC[C@H]1O. The quantitative estimate of drug-likeness (QED) is 0.0478. The van der Waals surface area contributed by atoms with Gasteiger partial charge in [0.2, 0.25) is 17.7 Å². The van der Waals surface area contributed by atoms with Gasteiger partial charge in [0.25, 0.3) is 11.7 Å². The minimum Gasteiger partial charge on any atom is -0.460 e. The number of rotatable bonds is 15. The van der Waals surface area contributed by atoms with Gasteiger partial charge in [0.05, 0.1) is 37.6 Å². The Morgan fingerprint density at radius 2 is 1.56 bits per heavy atom. The summed E-state index contributed by atoms with van der Waals surface area (Å²) in [6, 6.07) is -1.05. The Bertz CT molecular complexity index is 3180. The number of anilines is 2. The van der Waals surface area contributed by atoms with Crippen LogP contribution in [0, 0.1) is 42.4 Å². The zero-order valence-corrected chi connectivity index (χ0v) is 57.5. The summed E-state index contributed by atoms with van der Waals surface area (Å²) in [5.74, 6) is -6.47. The summed E-state index contributed by atoms with van der Waals surface area (Å²) >= 11 is 0. The van der Waals surface area contributed by atoms with E-state index in [0.717, 1.165) is 17.0 Å². The van der Waals surface area contributed by atoms with E-state index in [1.807, 2.05) is 65.0 Å². The van der Waals surface area contributed by atoms with Gasteiger partial charge in [-0.1, -0.05) is 71.1 Å². The number of methoxy groups -OCH3 is 2. The monoisotopic (exact) mass is 1310 g/mol. The first kappa shape index (κ1) is 73.6. The molecule has 7 heterocycles. The van der Waals surface area contributed by atoms with Gasteiger partial charge in [-0.25, -0.2) is 24.7 Å². The molecule has 1 amide bonds. The van der Waals surface area contributed by atoms with E-state index < -0.39 is 83.9 Å². The smallest absolute Gasteiger partial charge is 0.329 e. The summed E-state index contributed by atoms with van der Waals surface area (Å²) in [6.07, 6.45) is 15.4. The molecule has 3 saturated heterocycles. The molecule has 23 heteroatoms. The number of cyclic esters (lactones) is 1. The van der Waals surface area contributed by atoms with Crippen molar-refractivity contribution in [1.82, 2.24) is 34.4 Å². The zero-order valence-electron chi connectivity index (χ0n) is 57.5. The lowest BCUT2D eigenvalue weighted by Crippen LogP contribution is -2.61. The number of fused-ring (bicyclic) bond motifs is 4. The number of piperidine rings is 1. The van der Waals surface area contributed by atoms with Crippen molar-refractivity contribution >= 4 is 52.3 Å². The summed E-state index contributed by atoms with van der Waals surface area (Å²) < 4.78 is 38.4. The zero-order chi connectivity index (χ0) is 68.0. The van der Waals surface area contributed by atoms with Crippen molar-refractivity contribution in [3.8, 4) is 11.3 Å². The van der Waals surface area contributed by atoms with Gasteiger partial charge in [0.1, 0.15) is 47.2 Å². The molecular weight excluding hydrogens is 1200 g/mol. The highest BCUT2D eigenvalue weighted by Crippen LogP contribution is 2.39. The lowest BCUT2D eigenvalue weighted by atomic mass is 9.78. The molecule has 2 bridgehead atoms. The van der Waals surface area contributed by atoms with Crippen molar-refractivity contribution in [3.63, 3.8) is 0 Å². The van der Waals surface area contributed by atoms with E-state index in [1.54, 1.807) is 46.4 Å². The average Bonchev–Trinajstić information content (AvgIpc) is 1.48. The maximum Gasteiger partial charge on any atom is 0.329 e. The van der Waals surface area contributed by atoms with Gasteiger partial charge in [-0.05, 0) is 141 Å². The number of aromatic nitrogens is 6. The number of carbonyl (C=O) groups excluding carboxylic acids is 5. The molecule has 0 aromatic carbocycles. The highest BCUT2D eigenvalue weighted by atomic mass is 16.6. The Hall–Kier alpha value is -6.18. The van der Waals surface area contributed by atoms with Gasteiger partial charge in [0.15, 0.2) is 11.4 Å². The number of ether oxygens (including phenoxy) is 6. The predicted molar refractivity (Wildman–Crippen MR) is 356 cm³/mol. The molecule has 0 radical (unpaired) electrons. The Labute approximate surface area is 554 Å². The number of unbranched alkanes of at least 4 members (excludes halogenated alkanes) is 1. The van der Waals surface area contributed by atoms with Crippen LogP contribution in [0.5, 0.6) is 0 Å². The Kier molecular flexibility index (Phi) is 26.8. The van der Waals surface area contributed by atoms with E-state index in [-0.39, 0.29) is 67.3 Å². The van der Waals surface area contributed by atoms with Crippen LogP contribution < -0.4 is 10.2 Å². The summed E-state index contributed by atoms with van der Waals surface area (Å²) in [6.45, 7) is 22.4. The standard InChI is InChI=1S/C71H105N9O14/c1-42(2)80-50(10)75-61-60(76-70(77-66(61)80)78-29-32-91-33-30-78)52-40-73-69(74-41-52)72-27-17-19-31-92-57-38-53-25-23-49(9)71(88,94-53)65(85)67(86)79-28-18-16-22-54(79)68(87)93-58(46(6)36-51-24-26-55(81)59(37-51)89-11)39-56(82)45(5)35-48(8)63(84)64(90-12)62(83)47(7)34-43(3)20-14-13-15-21-44(57)4/h13-15,20-21,35,40-43,45-47,49,51,53-55,57-59,63-64,81,84,88H,16-19,22-34,36-39H2,1-12H3,(H,72,73,74)/b15-13+,20-14+,44-21-,48-35+/t43-,45-,46?,47-,49-,51-,53+,54+,55-,57-,58+,59-,63-,64+,71-/m1/s1. The van der Waals surface area contributed by atoms with Crippen molar-refractivity contribution < 1.29 is 67.7 Å². The van der Waals surface area contributed by atoms with E-state index in [9.17, 15) is 39.3 Å². The second kappa shape index (κ2) is 34.2. The number of imidazole rings is 1. The molecule has 23 nitrogen and oxygen atoms in total. The van der Waals surface area contributed by atoms with Gasteiger partial charge >= 0.3 is 5.97 Å². The van der Waals surface area contributed by atoms with E-state index in [0.29, 0.717) is 144 Å². The molecule has 4 N–H and O–H groups in total. The maximum atomic E-state index is 14.7. The number of amides is 1. The van der Waals surface area contributed by atoms with E-state index in [1.165, 1.54) is 12.0 Å². The molecule has 8 rings (SSSR count). The van der Waals surface area contributed by atoms with E-state index >= 15 is 0 Å². The number of carbonyl (C=O) groups is 5. The lowest BCUT2D eigenvalue weighted by Gasteiger charge is -2.43. The molecule has 1 aliphatic carbocycles. The molecule has 3 aromatic rings. The first-order valence-electron chi connectivity index (χ1n) is 34.3. The summed E-state index contributed by atoms with van der Waals surface area (Å²) in [7, 11) is 2.95. The summed E-state index contributed by atoms with van der Waals surface area (Å²) in [5, 5.41) is 38.0. The Balaban J connectivity index is 0.991. The fourth-order valence-electron chi connectivity index (χ4n) is 14.0. The molecule has 15 atom stereocenters. The number of hydrogen-bond donors (Lipinski definition) is 4. The molecule has 518 valence electrons. The minimum absolute atomic E-state index is 0.0317. The molecule has 1 unspecified atom stereocenters. The van der Waals surface area contributed by atoms with Crippen LogP contribution in [-0.2, 0) is 52.4 Å². The summed E-state index contributed by atoms with van der Waals surface area (Å²) in [4.78, 5) is 99.9. The topological polar surface area (TPSA) is 289 Å². The van der Waals surface area contributed by atoms with Gasteiger partial charge in [-0.15, -0.1) is 0 Å². The van der Waals surface area contributed by atoms with E-state index in [4.69, 9.17) is 43.4 Å². The molecule has 94 heavy (non-hydrogen) atoms. The number of morpholine rings is 1. The number of aryl methyl sites for hydroxylation is 1. The van der Waals surface area contributed by atoms with Gasteiger partial charge in [-0.3, -0.25) is 19.2 Å². The van der Waals surface area contributed by atoms with Crippen LogP contribution in [-0.4, -0.2) is 194 Å². The van der Waals surface area contributed by atoms with Crippen LogP contribution in [0.25, 0.3) is 22.4 Å². The van der Waals surface area contributed by atoms with Crippen molar-refractivity contribution in [2.75, 3.05) is 70.4 Å². The van der Waals surface area contributed by atoms with Crippen LogP contribution >= 0.6 is 0 Å². The van der Waals surface area contributed by atoms with Gasteiger partial charge < -0.3 is 63.4 Å².